The van der Waals surface area contributed by atoms with Crippen LogP contribution in [0.3, 0.4) is 0 Å². The van der Waals surface area contributed by atoms with Gasteiger partial charge < -0.3 is 10.1 Å². The monoisotopic (exact) mass is 398 g/mol. The molecule has 1 rings (SSSR count). The summed E-state index contributed by atoms with van der Waals surface area (Å²) in [4.78, 5) is 28.0. The van der Waals surface area contributed by atoms with Crippen LogP contribution in [0.2, 0.25) is 0 Å². The molecular formula is C18H27BrN2O3. The summed E-state index contributed by atoms with van der Waals surface area (Å²) >= 11 is 3.41. The van der Waals surface area contributed by atoms with E-state index in [0.717, 1.165) is 10.1 Å². The first kappa shape index (κ1) is 20.6. The van der Waals surface area contributed by atoms with Crippen molar-refractivity contribution in [1.82, 2.24) is 5.32 Å². The Hall–Kier alpha value is -1.43. The zero-order chi connectivity index (χ0) is 18.3. The van der Waals surface area contributed by atoms with E-state index in [1.54, 1.807) is 6.21 Å². The van der Waals surface area contributed by atoms with Gasteiger partial charge in [0.1, 0.15) is 11.4 Å². The molecule has 0 spiro atoms. The minimum Gasteiger partial charge on any atom is -0.460 e. The number of aliphatic imine (C=N–C) groups is 1. The van der Waals surface area contributed by atoms with Crippen molar-refractivity contribution in [3.05, 3.63) is 22.0 Å². The number of amides is 1. The van der Waals surface area contributed by atoms with Crippen molar-refractivity contribution in [1.29, 1.82) is 0 Å². The van der Waals surface area contributed by atoms with Crippen molar-refractivity contribution >= 4 is 34.0 Å². The molecule has 0 saturated heterocycles. The smallest absolute Gasteiger partial charge is 0.306 e. The second-order valence-corrected chi connectivity index (χ2v) is 7.89. The van der Waals surface area contributed by atoms with Gasteiger partial charge in [-0.05, 0) is 68.0 Å². The van der Waals surface area contributed by atoms with Crippen molar-refractivity contribution in [3.63, 3.8) is 0 Å². The standard InChI is InChI=1S/C18H27BrN2O3/c1-12-10-14(19)11-20-17(13(12)2)21-15(22)8-6-7-9-16(23)24-18(3,4)5/h10-12H,6-9H2,1-5H3,(H,21,22). The fourth-order valence-electron chi connectivity index (χ4n) is 2.12. The number of esters is 1. The molecule has 0 bridgehead atoms. The summed E-state index contributed by atoms with van der Waals surface area (Å²) < 4.78 is 6.14. The Morgan fingerprint density at radius 3 is 2.54 bits per heavy atom. The summed E-state index contributed by atoms with van der Waals surface area (Å²) in [5, 5.41) is 2.86. The molecule has 5 nitrogen and oxygen atoms in total. The largest absolute Gasteiger partial charge is 0.460 e. The van der Waals surface area contributed by atoms with E-state index in [2.05, 4.69) is 33.2 Å². The van der Waals surface area contributed by atoms with Crippen LogP contribution < -0.4 is 5.32 Å². The van der Waals surface area contributed by atoms with E-state index in [1.807, 2.05) is 33.8 Å². The molecule has 0 fully saturated rings. The molecule has 1 N–H and O–H groups in total. The maximum atomic E-state index is 12.1. The Morgan fingerprint density at radius 2 is 1.92 bits per heavy atom. The van der Waals surface area contributed by atoms with Crippen LogP contribution in [0.4, 0.5) is 0 Å². The lowest BCUT2D eigenvalue weighted by Gasteiger charge is -2.19. The molecule has 1 heterocycles. The zero-order valence-corrected chi connectivity index (χ0v) is 16.7. The van der Waals surface area contributed by atoms with Crippen molar-refractivity contribution in [2.45, 2.75) is 65.9 Å². The predicted molar refractivity (Wildman–Crippen MR) is 99.8 cm³/mol. The molecule has 0 saturated carbocycles. The van der Waals surface area contributed by atoms with Gasteiger partial charge in [0.25, 0.3) is 0 Å². The normalized spacial score (nSPS) is 18.1. The first-order valence-electron chi connectivity index (χ1n) is 8.22. The number of nitrogens with zero attached hydrogens (tertiary/aromatic N) is 1. The van der Waals surface area contributed by atoms with E-state index in [4.69, 9.17) is 4.74 Å². The van der Waals surface area contributed by atoms with Gasteiger partial charge in [0.05, 0.1) is 0 Å². The minimum absolute atomic E-state index is 0.0871. The lowest BCUT2D eigenvalue weighted by molar-refractivity contribution is -0.155. The van der Waals surface area contributed by atoms with Crippen molar-refractivity contribution < 1.29 is 14.3 Å². The van der Waals surface area contributed by atoms with Gasteiger partial charge in [-0.1, -0.05) is 13.0 Å². The highest BCUT2D eigenvalue weighted by Gasteiger charge is 2.16. The van der Waals surface area contributed by atoms with E-state index in [0.29, 0.717) is 31.5 Å². The molecule has 0 aliphatic carbocycles. The van der Waals surface area contributed by atoms with Crippen molar-refractivity contribution in [3.8, 4) is 0 Å². The van der Waals surface area contributed by atoms with Crippen LogP contribution in [-0.4, -0.2) is 23.7 Å². The van der Waals surface area contributed by atoms with E-state index >= 15 is 0 Å². The second-order valence-electron chi connectivity index (χ2n) is 6.97. The molecule has 6 heteroatoms. The average molecular weight is 399 g/mol. The Kier molecular flexibility index (Phi) is 7.87. The van der Waals surface area contributed by atoms with Crippen LogP contribution in [0.1, 0.15) is 60.3 Å². The number of halogens is 1. The number of unbranched alkanes of at least 4 members (excludes halogenated alkanes) is 1. The Bertz CT molecular complexity index is 571. The zero-order valence-electron chi connectivity index (χ0n) is 15.1. The fraction of sp³-hybridized carbons (Fsp3) is 0.611. The molecule has 24 heavy (non-hydrogen) atoms. The Labute approximate surface area is 152 Å². The molecule has 0 aromatic rings. The van der Waals surface area contributed by atoms with Crippen LogP contribution in [0.5, 0.6) is 0 Å². The number of carbonyl (C=O) groups is 2. The van der Waals surface area contributed by atoms with E-state index in [9.17, 15) is 9.59 Å². The van der Waals surface area contributed by atoms with Gasteiger partial charge in [0.15, 0.2) is 0 Å². The van der Waals surface area contributed by atoms with Crippen molar-refractivity contribution in [2.24, 2.45) is 10.9 Å². The average Bonchev–Trinajstić information content (AvgIpc) is 2.55. The summed E-state index contributed by atoms with van der Waals surface area (Å²) in [7, 11) is 0. The van der Waals surface area contributed by atoms with Gasteiger partial charge in [-0.2, -0.15) is 0 Å². The summed E-state index contributed by atoms with van der Waals surface area (Å²) in [6.45, 7) is 9.54. The quantitative estimate of drug-likeness (QED) is 0.537. The molecule has 1 amide bonds. The molecule has 0 aromatic carbocycles. The molecule has 0 radical (unpaired) electrons. The summed E-state index contributed by atoms with van der Waals surface area (Å²) in [6, 6.07) is 0. The number of rotatable bonds is 6. The highest BCUT2D eigenvalue weighted by molar-refractivity contribution is 9.12. The number of hydrogen-bond donors (Lipinski definition) is 1. The SMILES string of the molecule is CC1=C(NC(=O)CCCCC(=O)OC(C)(C)C)N=CC(Br)=CC1C. The number of allylic oxidation sites excluding steroid dienone is 3. The summed E-state index contributed by atoms with van der Waals surface area (Å²) in [5.41, 5.74) is 0.553. The molecule has 1 aliphatic heterocycles. The predicted octanol–water partition coefficient (Wildman–Crippen LogP) is 4.24. The minimum atomic E-state index is -0.463. The fourth-order valence-corrected chi connectivity index (χ4v) is 2.62. The number of carbonyl (C=O) groups excluding carboxylic acids is 2. The number of hydrogen-bond acceptors (Lipinski definition) is 4. The first-order valence-corrected chi connectivity index (χ1v) is 9.01. The molecule has 1 aliphatic rings. The topological polar surface area (TPSA) is 67.8 Å². The molecular weight excluding hydrogens is 372 g/mol. The summed E-state index contributed by atoms with van der Waals surface area (Å²) in [5.74, 6) is 0.491. The van der Waals surface area contributed by atoms with E-state index in [1.165, 1.54) is 0 Å². The molecule has 1 unspecified atom stereocenters. The number of ether oxygens (including phenoxy) is 1. The molecule has 1 atom stereocenters. The van der Waals surface area contributed by atoms with Crippen LogP contribution >= 0.6 is 15.9 Å². The van der Waals surface area contributed by atoms with Crippen LogP contribution in [0.15, 0.2) is 26.9 Å². The maximum absolute atomic E-state index is 12.1. The van der Waals surface area contributed by atoms with Gasteiger partial charge in [-0.15, -0.1) is 0 Å². The van der Waals surface area contributed by atoms with Gasteiger partial charge in [0.2, 0.25) is 5.91 Å². The van der Waals surface area contributed by atoms with Crippen LogP contribution in [0, 0.1) is 5.92 Å². The van der Waals surface area contributed by atoms with Crippen LogP contribution in [-0.2, 0) is 14.3 Å². The second kappa shape index (κ2) is 9.16. The van der Waals surface area contributed by atoms with Crippen molar-refractivity contribution in [2.75, 3.05) is 0 Å². The maximum Gasteiger partial charge on any atom is 0.306 e. The number of nitrogens with one attached hydrogen (secondary N) is 1. The summed E-state index contributed by atoms with van der Waals surface area (Å²) in [6.07, 6.45) is 5.69. The Balaban J connectivity index is 2.38. The van der Waals surface area contributed by atoms with Gasteiger partial charge in [-0.25, -0.2) is 4.99 Å². The third-order valence-electron chi connectivity index (χ3n) is 3.50. The highest BCUT2D eigenvalue weighted by Crippen LogP contribution is 2.22. The van der Waals surface area contributed by atoms with Crippen LogP contribution in [0.25, 0.3) is 0 Å². The van der Waals surface area contributed by atoms with E-state index in [-0.39, 0.29) is 17.8 Å². The first-order chi connectivity index (χ1) is 11.1. The van der Waals surface area contributed by atoms with Gasteiger partial charge in [0, 0.05) is 23.5 Å². The third kappa shape index (κ3) is 7.90. The Morgan fingerprint density at radius 1 is 1.29 bits per heavy atom. The lowest BCUT2D eigenvalue weighted by atomic mass is 10.0. The molecule has 134 valence electrons. The molecule has 0 aromatic heterocycles. The highest BCUT2D eigenvalue weighted by atomic mass is 79.9. The van der Waals surface area contributed by atoms with E-state index < -0.39 is 5.60 Å². The van der Waals surface area contributed by atoms with Gasteiger partial charge in [-0.3, -0.25) is 9.59 Å². The third-order valence-corrected chi connectivity index (χ3v) is 3.96. The van der Waals surface area contributed by atoms with Gasteiger partial charge >= 0.3 is 5.97 Å². The lowest BCUT2D eigenvalue weighted by Crippen LogP contribution is -2.24.